The van der Waals surface area contributed by atoms with Crippen LogP contribution < -0.4 is 0 Å². The number of ether oxygens (including phenoxy) is 1. The summed E-state index contributed by atoms with van der Waals surface area (Å²) in [5, 5.41) is 7.20. The number of hydrogen-bond donors (Lipinski definition) is 1. The van der Waals surface area contributed by atoms with Crippen LogP contribution in [0.2, 0.25) is 0 Å². The van der Waals surface area contributed by atoms with E-state index in [-0.39, 0.29) is 5.90 Å². The molecule has 0 saturated carbocycles. The molecule has 0 radical (unpaired) electrons. The molecule has 1 rings (SSSR count). The lowest BCUT2D eigenvalue weighted by Crippen LogP contribution is -2.00. The largest absolute Gasteiger partial charge is 0.481 e. The molecule has 48 valence electrons. The van der Waals surface area contributed by atoms with Crippen molar-refractivity contribution in [1.82, 2.24) is 0 Å². The smallest absolute Gasteiger partial charge is 0.209 e. The first kappa shape index (κ1) is 6.08. The van der Waals surface area contributed by atoms with Crippen molar-refractivity contribution < 1.29 is 4.74 Å². The Balaban J connectivity index is 2.55. The first-order chi connectivity index (χ1) is 4.34. The number of hydrogen-bond acceptors (Lipinski definition) is 2. The van der Waals surface area contributed by atoms with Crippen molar-refractivity contribution in [2.45, 2.75) is 6.42 Å². The number of nitrogens with one attached hydrogen (secondary N) is 1. The summed E-state index contributed by atoms with van der Waals surface area (Å²) in [5.41, 5.74) is 0.956. The van der Waals surface area contributed by atoms with Gasteiger partial charge in [-0.2, -0.15) is 0 Å². The summed E-state index contributed by atoms with van der Waals surface area (Å²) in [5.74, 6) is 0.278. The minimum Gasteiger partial charge on any atom is -0.481 e. The highest BCUT2D eigenvalue weighted by Gasteiger charge is 2.04. The predicted molar refractivity (Wildman–Crippen MR) is 36.6 cm³/mol. The molecule has 2 heteroatoms. The molecule has 0 aromatic carbocycles. The Labute approximate surface area is 54.3 Å². The quantitative estimate of drug-likeness (QED) is 0.416. The molecule has 9 heavy (non-hydrogen) atoms. The molecule has 0 spiro atoms. The van der Waals surface area contributed by atoms with E-state index in [1.54, 1.807) is 0 Å². The standard InChI is InChI=1S/C7H9NO/c1-9-7(8)6-4-2-3-5-6/h2-4,8H,5H2,1H3. The van der Waals surface area contributed by atoms with Gasteiger partial charge in [-0.3, -0.25) is 5.41 Å². The first-order valence-electron chi connectivity index (χ1n) is 2.83. The summed E-state index contributed by atoms with van der Waals surface area (Å²) in [6.07, 6.45) is 6.67. The summed E-state index contributed by atoms with van der Waals surface area (Å²) < 4.78 is 4.71. The summed E-state index contributed by atoms with van der Waals surface area (Å²) in [6.45, 7) is 0. The van der Waals surface area contributed by atoms with E-state index in [1.807, 2.05) is 18.2 Å². The third-order valence-electron chi connectivity index (χ3n) is 1.27. The maximum Gasteiger partial charge on any atom is 0.209 e. The van der Waals surface area contributed by atoms with E-state index in [1.165, 1.54) is 7.11 Å². The zero-order valence-corrected chi connectivity index (χ0v) is 5.35. The van der Waals surface area contributed by atoms with Gasteiger partial charge in [-0.15, -0.1) is 0 Å². The lowest BCUT2D eigenvalue weighted by molar-refractivity contribution is 0.399. The van der Waals surface area contributed by atoms with E-state index < -0.39 is 0 Å². The molecule has 1 aliphatic carbocycles. The van der Waals surface area contributed by atoms with Crippen molar-refractivity contribution in [2.24, 2.45) is 0 Å². The van der Waals surface area contributed by atoms with E-state index in [4.69, 9.17) is 10.1 Å². The summed E-state index contributed by atoms with van der Waals surface area (Å²) in [6, 6.07) is 0. The van der Waals surface area contributed by atoms with E-state index in [0.29, 0.717) is 0 Å². The van der Waals surface area contributed by atoms with Gasteiger partial charge in [-0.05, 0) is 6.42 Å². The molecule has 1 N–H and O–H groups in total. The normalized spacial score (nSPS) is 15.4. The van der Waals surface area contributed by atoms with Gasteiger partial charge in [-0.1, -0.05) is 18.2 Å². The number of rotatable bonds is 1. The van der Waals surface area contributed by atoms with Crippen LogP contribution in [-0.4, -0.2) is 13.0 Å². The molecule has 2 nitrogen and oxygen atoms in total. The Morgan fingerprint density at radius 1 is 1.78 bits per heavy atom. The lowest BCUT2D eigenvalue weighted by Gasteiger charge is -1.99. The zero-order chi connectivity index (χ0) is 6.69. The molecule has 0 bridgehead atoms. The van der Waals surface area contributed by atoms with Gasteiger partial charge in [0.1, 0.15) is 0 Å². The fraction of sp³-hybridized carbons (Fsp3) is 0.286. The molecule has 1 aliphatic rings. The lowest BCUT2D eigenvalue weighted by atomic mass is 10.2. The van der Waals surface area contributed by atoms with Gasteiger partial charge in [-0.25, -0.2) is 0 Å². The summed E-state index contributed by atoms with van der Waals surface area (Å²) in [4.78, 5) is 0. The third kappa shape index (κ3) is 1.19. The van der Waals surface area contributed by atoms with Crippen molar-refractivity contribution in [2.75, 3.05) is 7.11 Å². The Morgan fingerprint density at radius 2 is 2.56 bits per heavy atom. The van der Waals surface area contributed by atoms with Crippen LogP contribution in [0.25, 0.3) is 0 Å². The second kappa shape index (κ2) is 2.49. The maximum atomic E-state index is 7.20. The molecule has 0 unspecified atom stereocenters. The Bertz CT molecular complexity index is 179. The monoisotopic (exact) mass is 123 g/mol. The summed E-state index contributed by atoms with van der Waals surface area (Å²) in [7, 11) is 1.52. The molecule has 0 aliphatic heterocycles. The minimum atomic E-state index is 0.278. The van der Waals surface area contributed by atoms with Gasteiger partial charge in [0.2, 0.25) is 5.90 Å². The fourth-order valence-corrected chi connectivity index (χ4v) is 0.747. The molecule has 0 aromatic heterocycles. The van der Waals surface area contributed by atoms with Crippen LogP contribution in [0.4, 0.5) is 0 Å². The van der Waals surface area contributed by atoms with Crippen LogP contribution in [0.1, 0.15) is 6.42 Å². The van der Waals surface area contributed by atoms with Crippen LogP contribution in [0, 0.1) is 5.41 Å². The molecule has 0 amide bonds. The van der Waals surface area contributed by atoms with Crippen LogP contribution in [0.15, 0.2) is 23.8 Å². The summed E-state index contributed by atoms with van der Waals surface area (Å²) >= 11 is 0. The molecule has 0 atom stereocenters. The number of allylic oxidation sites excluding steroid dienone is 3. The van der Waals surface area contributed by atoms with E-state index in [9.17, 15) is 0 Å². The Morgan fingerprint density at radius 3 is 3.00 bits per heavy atom. The van der Waals surface area contributed by atoms with Crippen LogP contribution in [0.3, 0.4) is 0 Å². The average Bonchev–Trinajstić information content (AvgIpc) is 2.37. The fourth-order valence-electron chi connectivity index (χ4n) is 0.747. The van der Waals surface area contributed by atoms with Gasteiger partial charge in [0.25, 0.3) is 0 Å². The third-order valence-corrected chi connectivity index (χ3v) is 1.27. The van der Waals surface area contributed by atoms with Crippen LogP contribution in [-0.2, 0) is 4.74 Å². The Hall–Kier alpha value is -1.05. The van der Waals surface area contributed by atoms with E-state index >= 15 is 0 Å². The highest BCUT2D eigenvalue weighted by molar-refractivity contribution is 5.92. The highest BCUT2D eigenvalue weighted by Crippen LogP contribution is 2.10. The van der Waals surface area contributed by atoms with Gasteiger partial charge in [0.15, 0.2) is 0 Å². The van der Waals surface area contributed by atoms with Gasteiger partial charge in [0, 0.05) is 5.57 Å². The van der Waals surface area contributed by atoms with Crippen LogP contribution >= 0.6 is 0 Å². The topological polar surface area (TPSA) is 33.1 Å². The molecule has 0 fully saturated rings. The van der Waals surface area contributed by atoms with Gasteiger partial charge in [0.05, 0.1) is 7.11 Å². The second-order valence-corrected chi connectivity index (χ2v) is 1.86. The van der Waals surface area contributed by atoms with Crippen molar-refractivity contribution >= 4 is 5.90 Å². The molecule has 0 saturated heterocycles. The van der Waals surface area contributed by atoms with E-state index in [2.05, 4.69) is 0 Å². The SMILES string of the molecule is COC(=N)C1=CC=CC1. The predicted octanol–water partition coefficient (Wildman–Crippen LogP) is 1.50. The highest BCUT2D eigenvalue weighted by atomic mass is 16.5. The molecular weight excluding hydrogens is 114 g/mol. The maximum absolute atomic E-state index is 7.20. The van der Waals surface area contributed by atoms with Crippen molar-refractivity contribution in [1.29, 1.82) is 5.41 Å². The van der Waals surface area contributed by atoms with Crippen molar-refractivity contribution in [3.05, 3.63) is 23.8 Å². The number of methoxy groups -OCH3 is 1. The van der Waals surface area contributed by atoms with Gasteiger partial charge >= 0.3 is 0 Å². The molecule has 0 heterocycles. The van der Waals surface area contributed by atoms with Crippen molar-refractivity contribution in [3.8, 4) is 0 Å². The molecule has 0 aromatic rings. The minimum absolute atomic E-state index is 0.278. The van der Waals surface area contributed by atoms with Crippen molar-refractivity contribution in [3.63, 3.8) is 0 Å². The Kier molecular flexibility index (Phi) is 1.68. The average molecular weight is 123 g/mol. The van der Waals surface area contributed by atoms with Gasteiger partial charge < -0.3 is 4.74 Å². The zero-order valence-electron chi connectivity index (χ0n) is 5.35. The first-order valence-corrected chi connectivity index (χ1v) is 2.83. The molecular formula is C7H9NO. The second-order valence-electron chi connectivity index (χ2n) is 1.86. The van der Waals surface area contributed by atoms with Crippen LogP contribution in [0.5, 0.6) is 0 Å². The van der Waals surface area contributed by atoms with E-state index in [0.717, 1.165) is 12.0 Å².